The highest BCUT2D eigenvalue weighted by Gasteiger charge is 2.41. The minimum Gasteiger partial charge on any atom is -0.478 e. The van der Waals surface area contributed by atoms with Gasteiger partial charge in [0.1, 0.15) is 6.04 Å². The van der Waals surface area contributed by atoms with Gasteiger partial charge in [0.05, 0.1) is 0 Å². The van der Waals surface area contributed by atoms with Gasteiger partial charge >= 0.3 is 12.1 Å². The van der Waals surface area contributed by atoms with E-state index < -0.39 is 18.2 Å². The van der Waals surface area contributed by atoms with Gasteiger partial charge in [-0.05, 0) is 40.9 Å². The van der Waals surface area contributed by atoms with Gasteiger partial charge in [0.15, 0.2) is 5.82 Å². The Morgan fingerprint density at radius 2 is 2.15 bits per heavy atom. The van der Waals surface area contributed by atoms with E-state index in [-0.39, 0.29) is 11.1 Å². The Kier molecular flexibility index (Phi) is 5.15. The molecular formula is C17H12ClF3N4O2. The third-order valence-corrected chi connectivity index (χ3v) is 3.82. The summed E-state index contributed by atoms with van der Waals surface area (Å²) in [6.45, 7) is 0. The Bertz CT molecular complexity index is 931. The molecule has 1 atom stereocenters. The molecule has 0 saturated carbocycles. The van der Waals surface area contributed by atoms with Crippen LogP contribution >= 0.6 is 11.6 Å². The van der Waals surface area contributed by atoms with Crippen LogP contribution in [0.4, 0.5) is 19.0 Å². The molecule has 1 aromatic carbocycles. The van der Waals surface area contributed by atoms with Gasteiger partial charge < -0.3 is 5.11 Å². The Balaban J connectivity index is 1.98. The number of hydrogen-bond donors (Lipinski definition) is 2. The summed E-state index contributed by atoms with van der Waals surface area (Å²) < 4.78 is 38.7. The van der Waals surface area contributed by atoms with E-state index in [1.807, 2.05) is 0 Å². The molecule has 27 heavy (non-hydrogen) atoms. The Hall–Kier alpha value is -2.91. The maximum absolute atomic E-state index is 12.9. The predicted octanol–water partition coefficient (Wildman–Crippen LogP) is 3.66. The number of carboxylic acid groups (broad SMARTS) is 1. The lowest BCUT2D eigenvalue weighted by Gasteiger charge is -2.22. The third-order valence-electron chi connectivity index (χ3n) is 3.64. The number of alkyl halides is 3. The van der Waals surface area contributed by atoms with Crippen molar-refractivity contribution in [1.82, 2.24) is 15.4 Å². The number of aliphatic carboxylic acids is 1. The summed E-state index contributed by atoms with van der Waals surface area (Å²) >= 11 is 5.83. The molecule has 2 aromatic rings. The summed E-state index contributed by atoms with van der Waals surface area (Å²) in [5, 5.41) is 9.74. The van der Waals surface area contributed by atoms with Crippen LogP contribution in [-0.2, 0) is 4.79 Å². The summed E-state index contributed by atoms with van der Waals surface area (Å²) in [5.74, 6) is -0.960. The zero-order valence-corrected chi connectivity index (χ0v) is 14.2. The molecule has 0 amide bonds. The van der Waals surface area contributed by atoms with E-state index in [1.54, 1.807) is 24.3 Å². The van der Waals surface area contributed by atoms with E-state index in [4.69, 9.17) is 16.7 Å². The number of benzene rings is 1. The fourth-order valence-corrected chi connectivity index (χ4v) is 2.57. The standard InChI is InChI=1S/C17H12ClF3N4O2/c18-16-22-9-12(11-3-1-2-10(8-11)4-5-14(26)27)15(23-16)25-7-6-13(24-25)17(19,20)21/h1-9,13,24H,(H,26,27)/b5-4+. The molecule has 0 radical (unpaired) electrons. The molecule has 2 heterocycles. The molecule has 140 valence electrons. The second-order valence-electron chi connectivity index (χ2n) is 5.53. The lowest BCUT2D eigenvalue weighted by molar-refractivity contribution is -0.142. The first-order chi connectivity index (χ1) is 12.7. The molecule has 0 aliphatic carbocycles. The smallest absolute Gasteiger partial charge is 0.409 e. The maximum Gasteiger partial charge on any atom is 0.409 e. The lowest BCUT2D eigenvalue weighted by atomic mass is 10.0. The number of carboxylic acids is 1. The monoisotopic (exact) mass is 396 g/mol. The molecular weight excluding hydrogens is 385 g/mol. The van der Waals surface area contributed by atoms with Crippen molar-refractivity contribution in [2.75, 3.05) is 5.01 Å². The number of carbonyl (C=O) groups is 1. The zero-order valence-electron chi connectivity index (χ0n) is 13.5. The van der Waals surface area contributed by atoms with Gasteiger partial charge in [0.25, 0.3) is 0 Å². The molecule has 1 aromatic heterocycles. The van der Waals surface area contributed by atoms with Gasteiger partial charge in [-0.15, -0.1) is 0 Å². The fourth-order valence-electron chi connectivity index (χ4n) is 2.44. The fraction of sp³-hybridized carbons (Fsp3) is 0.118. The molecule has 10 heteroatoms. The number of nitrogens with zero attached hydrogens (tertiary/aromatic N) is 3. The highest BCUT2D eigenvalue weighted by atomic mass is 35.5. The predicted molar refractivity (Wildman–Crippen MR) is 93.7 cm³/mol. The van der Waals surface area contributed by atoms with Crippen molar-refractivity contribution >= 4 is 29.5 Å². The Morgan fingerprint density at radius 1 is 1.37 bits per heavy atom. The average Bonchev–Trinajstić information content (AvgIpc) is 3.10. The van der Waals surface area contributed by atoms with E-state index >= 15 is 0 Å². The molecule has 1 aliphatic rings. The van der Waals surface area contributed by atoms with E-state index in [0.717, 1.165) is 17.2 Å². The van der Waals surface area contributed by atoms with Crippen LogP contribution in [0.25, 0.3) is 17.2 Å². The first-order valence-electron chi connectivity index (χ1n) is 7.58. The zero-order chi connectivity index (χ0) is 19.6. The molecule has 0 bridgehead atoms. The van der Waals surface area contributed by atoms with Gasteiger partial charge in [-0.25, -0.2) is 15.2 Å². The number of hydrazine groups is 1. The Morgan fingerprint density at radius 3 is 2.81 bits per heavy atom. The summed E-state index contributed by atoms with van der Waals surface area (Å²) in [6.07, 6.45) is 1.50. The Labute approximate surface area is 156 Å². The lowest BCUT2D eigenvalue weighted by Crippen LogP contribution is -2.44. The van der Waals surface area contributed by atoms with Crippen LogP contribution in [0, 0.1) is 0 Å². The number of hydrogen-bond acceptors (Lipinski definition) is 5. The van der Waals surface area contributed by atoms with Gasteiger partial charge in [0.2, 0.25) is 5.28 Å². The van der Waals surface area contributed by atoms with Crippen LogP contribution in [-0.4, -0.2) is 33.3 Å². The molecule has 0 fully saturated rings. The SMILES string of the molecule is O=C(O)/C=C/c1cccc(-c2cnc(Cl)nc2N2C=CC(C(F)(F)F)N2)c1. The minimum atomic E-state index is -4.45. The van der Waals surface area contributed by atoms with Crippen molar-refractivity contribution < 1.29 is 23.1 Å². The summed E-state index contributed by atoms with van der Waals surface area (Å²) in [4.78, 5) is 18.6. The largest absolute Gasteiger partial charge is 0.478 e. The first-order valence-corrected chi connectivity index (χ1v) is 7.96. The van der Waals surface area contributed by atoms with Gasteiger partial charge in [-0.2, -0.15) is 18.2 Å². The van der Waals surface area contributed by atoms with Crippen LogP contribution in [0.15, 0.2) is 48.8 Å². The van der Waals surface area contributed by atoms with Crippen LogP contribution in [0.1, 0.15) is 5.56 Å². The summed E-state index contributed by atoms with van der Waals surface area (Å²) in [5.41, 5.74) is 3.89. The first kappa shape index (κ1) is 18.9. The molecule has 1 aliphatic heterocycles. The number of anilines is 1. The molecule has 6 nitrogen and oxygen atoms in total. The summed E-state index contributed by atoms with van der Waals surface area (Å²) in [6, 6.07) is 4.89. The average molecular weight is 397 g/mol. The van der Waals surface area contributed by atoms with E-state index in [9.17, 15) is 18.0 Å². The van der Waals surface area contributed by atoms with Gasteiger partial charge in [-0.1, -0.05) is 18.2 Å². The highest BCUT2D eigenvalue weighted by molar-refractivity contribution is 6.28. The van der Waals surface area contributed by atoms with Crippen LogP contribution < -0.4 is 10.4 Å². The normalized spacial score (nSPS) is 17.0. The van der Waals surface area contributed by atoms with Crippen molar-refractivity contribution in [1.29, 1.82) is 0 Å². The number of aromatic nitrogens is 2. The second-order valence-corrected chi connectivity index (χ2v) is 5.87. The molecule has 3 rings (SSSR count). The van der Waals surface area contributed by atoms with E-state index in [2.05, 4.69) is 15.4 Å². The van der Waals surface area contributed by atoms with Crippen molar-refractivity contribution in [3.8, 4) is 11.1 Å². The topological polar surface area (TPSA) is 78.3 Å². The minimum absolute atomic E-state index is 0.124. The highest BCUT2D eigenvalue weighted by Crippen LogP contribution is 2.33. The number of halogens is 4. The molecule has 0 saturated heterocycles. The summed E-state index contributed by atoms with van der Waals surface area (Å²) in [7, 11) is 0. The third kappa shape index (κ3) is 4.44. The molecule has 2 N–H and O–H groups in total. The number of rotatable bonds is 4. The molecule has 0 spiro atoms. The van der Waals surface area contributed by atoms with Gasteiger partial charge in [-0.3, -0.25) is 5.01 Å². The van der Waals surface area contributed by atoms with Gasteiger partial charge in [0, 0.05) is 24.0 Å². The van der Waals surface area contributed by atoms with Crippen LogP contribution in [0.2, 0.25) is 5.28 Å². The van der Waals surface area contributed by atoms with Crippen LogP contribution in [0.3, 0.4) is 0 Å². The molecule has 1 unspecified atom stereocenters. The van der Waals surface area contributed by atoms with Crippen molar-refractivity contribution in [3.63, 3.8) is 0 Å². The van der Waals surface area contributed by atoms with Crippen molar-refractivity contribution in [3.05, 3.63) is 59.7 Å². The van der Waals surface area contributed by atoms with E-state index in [0.29, 0.717) is 16.7 Å². The quantitative estimate of drug-likeness (QED) is 0.606. The number of nitrogens with one attached hydrogen (secondary N) is 1. The van der Waals surface area contributed by atoms with Crippen molar-refractivity contribution in [2.45, 2.75) is 12.2 Å². The second kappa shape index (κ2) is 7.37. The van der Waals surface area contributed by atoms with Crippen LogP contribution in [0.5, 0.6) is 0 Å². The maximum atomic E-state index is 12.9. The van der Waals surface area contributed by atoms with Crippen molar-refractivity contribution in [2.24, 2.45) is 0 Å². The van der Waals surface area contributed by atoms with E-state index in [1.165, 1.54) is 18.5 Å².